The molecule has 3 aliphatic rings. The summed E-state index contributed by atoms with van der Waals surface area (Å²) in [7, 11) is 0. The van der Waals surface area contributed by atoms with Gasteiger partial charge in [0.15, 0.2) is 17.3 Å². The number of nitrogens with zero attached hydrogens (tertiary/aromatic N) is 2. The zero-order chi connectivity index (χ0) is 27.9. The van der Waals surface area contributed by atoms with Gasteiger partial charge in [0.25, 0.3) is 5.69 Å². The minimum Gasteiger partial charge on any atom is -0.352 e. The molecule has 7 nitrogen and oxygen atoms in total. The molecule has 2 heterocycles. The SMILES string of the molecule is CC(C)(C)C(=O)[C@@H]1[C@H](c2ccc([N+](=O)[O-])cc2)C2(C(=O)c3ccccc3C2=O)[C@@H]2C=Cc3cc(Br)ccc3N12. The van der Waals surface area contributed by atoms with Crippen LogP contribution in [0.25, 0.3) is 6.08 Å². The number of ketones is 3. The number of anilines is 1. The van der Waals surface area contributed by atoms with Crippen molar-refractivity contribution in [3.63, 3.8) is 0 Å². The van der Waals surface area contributed by atoms with Crippen molar-refractivity contribution in [1.29, 1.82) is 0 Å². The van der Waals surface area contributed by atoms with Crippen LogP contribution in [0.5, 0.6) is 0 Å². The molecule has 0 amide bonds. The van der Waals surface area contributed by atoms with E-state index in [2.05, 4.69) is 15.9 Å². The molecule has 196 valence electrons. The van der Waals surface area contributed by atoms with Crippen LogP contribution >= 0.6 is 15.9 Å². The number of nitro benzene ring substituents is 1. The van der Waals surface area contributed by atoms with Crippen molar-refractivity contribution < 1.29 is 19.3 Å². The summed E-state index contributed by atoms with van der Waals surface area (Å²) in [6.45, 7) is 5.49. The molecule has 8 heteroatoms. The quantitative estimate of drug-likeness (QED) is 0.200. The average Bonchev–Trinajstić information content (AvgIpc) is 3.33. The van der Waals surface area contributed by atoms with Gasteiger partial charge in [-0.05, 0) is 29.3 Å². The number of halogens is 1. The van der Waals surface area contributed by atoms with Gasteiger partial charge in [0.05, 0.1) is 17.0 Å². The molecule has 3 aromatic rings. The van der Waals surface area contributed by atoms with Crippen LogP contribution < -0.4 is 4.90 Å². The van der Waals surface area contributed by atoms with Gasteiger partial charge in [-0.15, -0.1) is 0 Å². The Labute approximate surface area is 233 Å². The van der Waals surface area contributed by atoms with E-state index < -0.39 is 33.8 Å². The zero-order valence-electron chi connectivity index (χ0n) is 21.6. The first-order valence-corrected chi connectivity index (χ1v) is 13.5. The Morgan fingerprint density at radius 3 is 2.15 bits per heavy atom. The van der Waals surface area contributed by atoms with E-state index in [1.165, 1.54) is 12.1 Å². The van der Waals surface area contributed by atoms with Crippen LogP contribution in [0.4, 0.5) is 11.4 Å². The number of hydrogen-bond donors (Lipinski definition) is 0. The molecule has 3 aromatic carbocycles. The van der Waals surface area contributed by atoms with Gasteiger partial charge in [-0.1, -0.05) is 85.3 Å². The molecule has 0 aromatic heterocycles. The molecule has 1 fully saturated rings. The summed E-state index contributed by atoms with van der Waals surface area (Å²) in [6.07, 6.45) is 3.77. The van der Waals surface area contributed by atoms with E-state index in [0.29, 0.717) is 16.7 Å². The second-order valence-electron chi connectivity index (χ2n) is 11.4. The second-order valence-corrected chi connectivity index (χ2v) is 12.3. The van der Waals surface area contributed by atoms with E-state index in [0.717, 1.165) is 15.7 Å². The van der Waals surface area contributed by atoms with E-state index in [1.807, 2.05) is 56.0 Å². The molecule has 0 bridgehead atoms. The first kappa shape index (κ1) is 25.4. The minimum absolute atomic E-state index is 0.107. The Kier molecular flexibility index (Phi) is 5.56. The van der Waals surface area contributed by atoms with Gasteiger partial charge in [-0.3, -0.25) is 24.5 Å². The third-order valence-corrected chi connectivity index (χ3v) is 8.73. The maximum absolute atomic E-state index is 14.5. The highest BCUT2D eigenvalue weighted by Gasteiger charge is 2.71. The molecule has 1 spiro atoms. The highest BCUT2D eigenvalue weighted by molar-refractivity contribution is 9.10. The lowest BCUT2D eigenvalue weighted by Crippen LogP contribution is -2.49. The maximum Gasteiger partial charge on any atom is 0.269 e. The zero-order valence-corrected chi connectivity index (χ0v) is 23.1. The summed E-state index contributed by atoms with van der Waals surface area (Å²) in [6, 6.07) is 16.8. The van der Waals surface area contributed by atoms with E-state index in [-0.39, 0.29) is 23.0 Å². The number of carbonyl (C=O) groups excluding carboxylic acids is 3. The number of hydrogen-bond acceptors (Lipinski definition) is 6. The van der Waals surface area contributed by atoms with E-state index >= 15 is 0 Å². The summed E-state index contributed by atoms with van der Waals surface area (Å²) in [5.41, 5.74) is 0.321. The molecule has 2 aliphatic heterocycles. The van der Waals surface area contributed by atoms with Crippen LogP contribution in [-0.2, 0) is 4.79 Å². The molecule has 0 unspecified atom stereocenters. The molecular weight excluding hydrogens is 560 g/mol. The van der Waals surface area contributed by atoms with Crippen molar-refractivity contribution in [2.24, 2.45) is 10.8 Å². The van der Waals surface area contributed by atoms with Gasteiger partial charge in [0, 0.05) is 44.8 Å². The Balaban J connectivity index is 1.68. The smallest absolute Gasteiger partial charge is 0.269 e. The van der Waals surface area contributed by atoms with Crippen molar-refractivity contribution in [3.05, 3.63) is 110 Å². The number of fused-ring (bicyclic) bond motifs is 5. The van der Waals surface area contributed by atoms with Gasteiger partial charge in [0.2, 0.25) is 0 Å². The molecule has 0 N–H and O–H groups in total. The van der Waals surface area contributed by atoms with Crippen LogP contribution in [0.1, 0.15) is 58.5 Å². The fourth-order valence-corrected chi connectivity index (χ4v) is 6.95. The monoisotopic (exact) mass is 584 g/mol. The van der Waals surface area contributed by atoms with Crippen molar-refractivity contribution in [2.75, 3.05) is 4.90 Å². The fraction of sp³-hybridized carbons (Fsp3) is 0.258. The van der Waals surface area contributed by atoms with Gasteiger partial charge in [0.1, 0.15) is 5.41 Å². The predicted molar refractivity (Wildman–Crippen MR) is 151 cm³/mol. The van der Waals surface area contributed by atoms with Crippen LogP contribution in [-0.4, -0.2) is 34.4 Å². The van der Waals surface area contributed by atoms with Crippen LogP contribution in [0.15, 0.2) is 77.3 Å². The molecule has 0 saturated carbocycles. The van der Waals surface area contributed by atoms with Crippen molar-refractivity contribution >= 4 is 50.7 Å². The van der Waals surface area contributed by atoms with E-state index in [9.17, 15) is 24.5 Å². The first-order valence-electron chi connectivity index (χ1n) is 12.7. The Morgan fingerprint density at radius 1 is 0.974 bits per heavy atom. The van der Waals surface area contributed by atoms with E-state index in [4.69, 9.17) is 0 Å². The molecular formula is C31H25BrN2O5. The summed E-state index contributed by atoms with van der Waals surface area (Å²) in [4.78, 5) is 56.3. The summed E-state index contributed by atoms with van der Waals surface area (Å²) >= 11 is 3.52. The standard InChI is InChI=1S/C31H25BrN2O5/c1-30(2,3)29(37)26-25(17-8-12-20(13-9-17)34(38)39)31(27(35)21-6-4-5-7-22(21)28(31)36)24-15-10-18-16-19(32)11-14-23(18)33(24)26/h4-16,24-26H,1-3H3/t24-,25-,26-/m0/s1. The van der Waals surface area contributed by atoms with Crippen molar-refractivity contribution in [3.8, 4) is 0 Å². The van der Waals surface area contributed by atoms with Crippen molar-refractivity contribution in [1.82, 2.24) is 0 Å². The summed E-state index contributed by atoms with van der Waals surface area (Å²) in [5, 5.41) is 11.4. The third kappa shape index (κ3) is 3.44. The largest absolute Gasteiger partial charge is 0.352 e. The average molecular weight is 585 g/mol. The van der Waals surface area contributed by atoms with Crippen molar-refractivity contribution in [2.45, 2.75) is 38.8 Å². The lowest BCUT2D eigenvalue weighted by atomic mass is 9.63. The fourth-order valence-electron chi connectivity index (χ4n) is 6.57. The molecule has 3 atom stereocenters. The number of rotatable bonds is 3. The van der Waals surface area contributed by atoms with E-state index in [1.54, 1.807) is 36.4 Å². The van der Waals surface area contributed by atoms with Gasteiger partial charge in [-0.25, -0.2) is 0 Å². The number of non-ortho nitro benzene ring substituents is 1. The lowest BCUT2D eigenvalue weighted by molar-refractivity contribution is -0.384. The number of benzene rings is 3. The minimum atomic E-state index is -1.62. The Morgan fingerprint density at radius 2 is 1.59 bits per heavy atom. The molecule has 0 radical (unpaired) electrons. The first-order chi connectivity index (χ1) is 18.5. The van der Waals surface area contributed by atoms with Crippen LogP contribution in [0, 0.1) is 20.9 Å². The van der Waals surface area contributed by atoms with Crippen LogP contribution in [0.3, 0.4) is 0 Å². The van der Waals surface area contributed by atoms with Gasteiger partial charge >= 0.3 is 0 Å². The Bertz CT molecular complexity index is 1580. The summed E-state index contributed by atoms with van der Waals surface area (Å²) < 4.78 is 0.865. The molecule has 1 aliphatic carbocycles. The highest BCUT2D eigenvalue weighted by Crippen LogP contribution is 2.61. The molecule has 6 rings (SSSR count). The van der Waals surface area contributed by atoms with Crippen LogP contribution in [0.2, 0.25) is 0 Å². The third-order valence-electron chi connectivity index (χ3n) is 8.24. The second kappa shape index (κ2) is 8.55. The highest BCUT2D eigenvalue weighted by atomic mass is 79.9. The maximum atomic E-state index is 14.5. The van der Waals surface area contributed by atoms with Gasteiger partial charge in [-0.2, -0.15) is 0 Å². The lowest BCUT2D eigenvalue weighted by Gasteiger charge is -2.38. The number of nitro groups is 1. The number of carbonyl (C=O) groups is 3. The summed E-state index contributed by atoms with van der Waals surface area (Å²) in [5.74, 6) is -1.64. The van der Waals surface area contributed by atoms with Gasteiger partial charge < -0.3 is 4.90 Å². The predicted octanol–water partition coefficient (Wildman–Crippen LogP) is 6.41. The molecule has 1 saturated heterocycles. The topological polar surface area (TPSA) is 97.6 Å². The molecule has 39 heavy (non-hydrogen) atoms. The number of Topliss-reactive ketones (excluding diaryl/α,β-unsaturated/α-hetero) is 3. The Hall–Kier alpha value is -3.91. The normalized spacial score (nSPS) is 22.6.